The van der Waals surface area contributed by atoms with Crippen LogP contribution >= 0.6 is 0 Å². The third-order valence-corrected chi connectivity index (χ3v) is 2.20. The molecule has 1 aromatic rings. The number of rotatable bonds is 8. The molecule has 0 spiro atoms. The average Bonchev–Trinajstić information content (AvgIpc) is 2.27. The number of carboxylic acids is 1. The van der Waals surface area contributed by atoms with Crippen LogP contribution in [0.2, 0.25) is 0 Å². The van der Waals surface area contributed by atoms with E-state index in [2.05, 4.69) is 13.8 Å². The topological polar surface area (TPSA) is 55.8 Å². The van der Waals surface area contributed by atoms with Gasteiger partial charge in [0.15, 0.2) is 0 Å². The lowest BCUT2D eigenvalue weighted by atomic mass is 10.1. The Hall–Kier alpha value is -1.55. The molecular formula is C14H20O4. The lowest BCUT2D eigenvalue weighted by Gasteiger charge is -2.09. The Labute approximate surface area is 108 Å². The van der Waals surface area contributed by atoms with Crippen LogP contribution in [-0.2, 0) is 16.0 Å². The van der Waals surface area contributed by atoms with Gasteiger partial charge in [0.2, 0.25) is 0 Å². The van der Waals surface area contributed by atoms with Crippen molar-refractivity contribution in [2.24, 2.45) is 5.92 Å². The van der Waals surface area contributed by atoms with Crippen LogP contribution in [0.3, 0.4) is 0 Å². The Balaban J connectivity index is 2.31. The van der Waals surface area contributed by atoms with Crippen molar-refractivity contribution < 1.29 is 19.4 Å². The summed E-state index contributed by atoms with van der Waals surface area (Å²) in [7, 11) is 0. The van der Waals surface area contributed by atoms with E-state index < -0.39 is 5.97 Å². The summed E-state index contributed by atoms with van der Waals surface area (Å²) in [6.07, 6.45) is 0.0149. The maximum absolute atomic E-state index is 10.6. The molecule has 0 atom stereocenters. The molecule has 1 rings (SSSR count). The predicted molar refractivity (Wildman–Crippen MR) is 68.9 cm³/mol. The van der Waals surface area contributed by atoms with Gasteiger partial charge in [-0.3, -0.25) is 4.79 Å². The van der Waals surface area contributed by atoms with E-state index in [1.165, 1.54) is 0 Å². The summed E-state index contributed by atoms with van der Waals surface area (Å²) in [4.78, 5) is 10.6. The van der Waals surface area contributed by atoms with Crippen molar-refractivity contribution in [3.05, 3.63) is 29.8 Å². The second-order valence-electron chi connectivity index (χ2n) is 4.54. The molecule has 0 aromatic heterocycles. The molecule has 0 radical (unpaired) electrons. The SMILES string of the molecule is CC(C)COCCOc1cccc(CC(=O)O)c1. The standard InChI is InChI=1S/C14H20O4/c1-11(2)10-17-6-7-18-13-5-3-4-12(8-13)9-14(15)16/h3-5,8,11H,6-7,9-10H2,1-2H3,(H,15,16). The fraction of sp³-hybridized carbons (Fsp3) is 0.500. The van der Waals surface area contributed by atoms with Crippen molar-refractivity contribution in [3.8, 4) is 5.75 Å². The Morgan fingerprint density at radius 3 is 2.78 bits per heavy atom. The molecule has 0 aliphatic carbocycles. The van der Waals surface area contributed by atoms with Gasteiger partial charge in [-0.25, -0.2) is 0 Å². The van der Waals surface area contributed by atoms with Gasteiger partial charge < -0.3 is 14.6 Å². The molecular weight excluding hydrogens is 232 g/mol. The Morgan fingerprint density at radius 1 is 1.33 bits per heavy atom. The second kappa shape index (κ2) is 7.71. The molecule has 0 aliphatic rings. The maximum atomic E-state index is 10.6. The molecule has 0 saturated carbocycles. The molecule has 0 fully saturated rings. The van der Waals surface area contributed by atoms with Gasteiger partial charge >= 0.3 is 5.97 Å². The molecule has 0 heterocycles. The van der Waals surface area contributed by atoms with Crippen LogP contribution in [0.4, 0.5) is 0 Å². The van der Waals surface area contributed by atoms with Gasteiger partial charge in [0.1, 0.15) is 12.4 Å². The average molecular weight is 252 g/mol. The monoisotopic (exact) mass is 252 g/mol. The van der Waals surface area contributed by atoms with Crippen molar-refractivity contribution in [3.63, 3.8) is 0 Å². The molecule has 18 heavy (non-hydrogen) atoms. The highest BCUT2D eigenvalue weighted by Gasteiger charge is 2.02. The quantitative estimate of drug-likeness (QED) is 0.722. The molecule has 100 valence electrons. The Bertz CT molecular complexity index is 374. The van der Waals surface area contributed by atoms with Gasteiger partial charge in [-0.2, -0.15) is 0 Å². The van der Waals surface area contributed by atoms with Crippen molar-refractivity contribution in [2.45, 2.75) is 20.3 Å². The van der Waals surface area contributed by atoms with E-state index in [4.69, 9.17) is 14.6 Å². The van der Waals surface area contributed by atoms with E-state index in [0.717, 1.165) is 12.2 Å². The smallest absolute Gasteiger partial charge is 0.307 e. The van der Waals surface area contributed by atoms with E-state index >= 15 is 0 Å². The molecule has 0 bridgehead atoms. The number of hydrogen-bond donors (Lipinski definition) is 1. The van der Waals surface area contributed by atoms with Crippen LogP contribution in [0.25, 0.3) is 0 Å². The lowest BCUT2D eigenvalue weighted by molar-refractivity contribution is -0.136. The summed E-state index contributed by atoms with van der Waals surface area (Å²) in [5, 5.41) is 8.69. The molecule has 0 unspecified atom stereocenters. The number of benzene rings is 1. The van der Waals surface area contributed by atoms with Crippen LogP contribution in [-0.4, -0.2) is 30.9 Å². The minimum absolute atomic E-state index is 0.0149. The molecule has 0 saturated heterocycles. The van der Waals surface area contributed by atoms with Crippen molar-refractivity contribution in [2.75, 3.05) is 19.8 Å². The summed E-state index contributed by atoms with van der Waals surface area (Å²) in [5.41, 5.74) is 0.739. The number of ether oxygens (including phenoxy) is 2. The zero-order valence-electron chi connectivity index (χ0n) is 10.9. The lowest BCUT2D eigenvalue weighted by Crippen LogP contribution is -2.10. The first kappa shape index (κ1) is 14.5. The van der Waals surface area contributed by atoms with Gasteiger partial charge in [-0.1, -0.05) is 26.0 Å². The first-order valence-corrected chi connectivity index (χ1v) is 6.09. The maximum Gasteiger partial charge on any atom is 0.307 e. The minimum atomic E-state index is -0.840. The first-order chi connectivity index (χ1) is 8.58. The van der Waals surface area contributed by atoms with Crippen LogP contribution in [0.1, 0.15) is 19.4 Å². The molecule has 4 heteroatoms. The first-order valence-electron chi connectivity index (χ1n) is 6.09. The van der Waals surface area contributed by atoms with Gasteiger partial charge in [-0.15, -0.1) is 0 Å². The number of aliphatic carboxylic acids is 1. The molecule has 1 aromatic carbocycles. The summed E-state index contributed by atoms with van der Waals surface area (Å²) >= 11 is 0. The van der Waals surface area contributed by atoms with Crippen LogP contribution in [0, 0.1) is 5.92 Å². The number of carboxylic acid groups (broad SMARTS) is 1. The largest absolute Gasteiger partial charge is 0.491 e. The Kier molecular flexibility index (Phi) is 6.22. The summed E-state index contributed by atoms with van der Waals surface area (Å²) in [6, 6.07) is 7.13. The molecule has 0 aliphatic heterocycles. The van der Waals surface area contributed by atoms with E-state index in [-0.39, 0.29) is 6.42 Å². The van der Waals surface area contributed by atoms with Crippen molar-refractivity contribution in [1.29, 1.82) is 0 Å². The summed E-state index contributed by atoms with van der Waals surface area (Å²) in [5.74, 6) is 0.359. The normalized spacial score (nSPS) is 10.6. The van der Waals surface area contributed by atoms with Crippen LogP contribution in [0.15, 0.2) is 24.3 Å². The number of carbonyl (C=O) groups is 1. The third-order valence-electron chi connectivity index (χ3n) is 2.20. The van der Waals surface area contributed by atoms with E-state index in [1.54, 1.807) is 18.2 Å². The zero-order chi connectivity index (χ0) is 13.4. The predicted octanol–water partition coefficient (Wildman–Crippen LogP) is 2.37. The van der Waals surface area contributed by atoms with E-state index in [0.29, 0.717) is 24.9 Å². The van der Waals surface area contributed by atoms with Gasteiger partial charge in [0.25, 0.3) is 0 Å². The van der Waals surface area contributed by atoms with Gasteiger partial charge in [0, 0.05) is 6.61 Å². The highest BCUT2D eigenvalue weighted by atomic mass is 16.5. The third kappa shape index (κ3) is 6.25. The highest BCUT2D eigenvalue weighted by molar-refractivity contribution is 5.70. The van der Waals surface area contributed by atoms with Gasteiger partial charge in [-0.05, 0) is 23.6 Å². The second-order valence-corrected chi connectivity index (χ2v) is 4.54. The van der Waals surface area contributed by atoms with Gasteiger partial charge in [0.05, 0.1) is 13.0 Å². The minimum Gasteiger partial charge on any atom is -0.491 e. The summed E-state index contributed by atoms with van der Waals surface area (Å²) in [6.45, 7) is 5.93. The van der Waals surface area contributed by atoms with Crippen molar-refractivity contribution >= 4 is 5.97 Å². The highest BCUT2D eigenvalue weighted by Crippen LogP contribution is 2.13. The fourth-order valence-corrected chi connectivity index (χ4v) is 1.46. The number of hydrogen-bond acceptors (Lipinski definition) is 3. The molecule has 4 nitrogen and oxygen atoms in total. The zero-order valence-corrected chi connectivity index (χ0v) is 10.9. The van der Waals surface area contributed by atoms with E-state index in [1.807, 2.05) is 6.07 Å². The Morgan fingerprint density at radius 2 is 2.11 bits per heavy atom. The summed E-state index contributed by atoms with van der Waals surface area (Å²) < 4.78 is 10.9. The van der Waals surface area contributed by atoms with Crippen LogP contribution < -0.4 is 4.74 Å². The molecule has 0 amide bonds. The molecule has 1 N–H and O–H groups in total. The van der Waals surface area contributed by atoms with Crippen molar-refractivity contribution in [1.82, 2.24) is 0 Å². The fourth-order valence-electron chi connectivity index (χ4n) is 1.46. The van der Waals surface area contributed by atoms with E-state index in [9.17, 15) is 4.79 Å². The van der Waals surface area contributed by atoms with Crippen LogP contribution in [0.5, 0.6) is 5.75 Å².